The summed E-state index contributed by atoms with van der Waals surface area (Å²) in [4.78, 5) is 0. The van der Waals surface area contributed by atoms with Gasteiger partial charge in [-0.15, -0.1) is 0 Å². The van der Waals surface area contributed by atoms with Crippen LogP contribution in [0, 0.1) is 5.92 Å². The lowest BCUT2D eigenvalue weighted by Crippen LogP contribution is -2.41. The largest absolute Gasteiger partial charge is 0.378 e. The second kappa shape index (κ2) is 4.43. The van der Waals surface area contributed by atoms with Gasteiger partial charge in [0.2, 0.25) is 0 Å². The average molecular weight is 185 g/mol. The third kappa shape index (κ3) is 4.63. The molecule has 0 aromatic rings. The molecular formula is C11H23NO. The van der Waals surface area contributed by atoms with Crippen molar-refractivity contribution in [3.8, 4) is 0 Å². The Morgan fingerprint density at radius 1 is 1.38 bits per heavy atom. The van der Waals surface area contributed by atoms with Crippen molar-refractivity contribution in [2.24, 2.45) is 5.92 Å². The predicted molar refractivity (Wildman–Crippen MR) is 55.9 cm³/mol. The van der Waals surface area contributed by atoms with E-state index in [1.807, 2.05) is 0 Å². The van der Waals surface area contributed by atoms with Crippen LogP contribution in [0.1, 0.15) is 40.5 Å². The molecule has 2 atom stereocenters. The molecule has 1 heterocycles. The Kier molecular flexibility index (Phi) is 3.74. The highest BCUT2D eigenvalue weighted by Gasteiger charge is 2.20. The van der Waals surface area contributed by atoms with Crippen LogP contribution in [0.5, 0.6) is 0 Å². The molecule has 0 saturated carbocycles. The van der Waals surface area contributed by atoms with E-state index in [1.165, 1.54) is 12.8 Å². The molecule has 1 saturated heterocycles. The van der Waals surface area contributed by atoms with Crippen molar-refractivity contribution in [1.29, 1.82) is 0 Å². The molecule has 1 N–H and O–H groups in total. The Morgan fingerprint density at radius 2 is 2.08 bits per heavy atom. The van der Waals surface area contributed by atoms with Crippen molar-refractivity contribution in [2.75, 3.05) is 13.2 Å². The van der Waals surface area contributed by atoms with Gasteiger partial charge in [0.25, 0.3) is 0 Å². The molecule has 0 bridgehead atoms. The zero-order valence-electron chi connectivity index (χ0n) is 9.39. The first-order valence-corrected chi connectivity index (χ1v) is 5.34. The molecule has 0 amide bonds. The van der Waals surface area contributed by atoms with Crippen molar-refractivity contribution < 1.29 is 4.74 Å². The molecular weight excluding hydrogens is 162 g/mol. The first kappa shape index (κ1) is 11.0. The van der Waals surface area contributed by atoms with Crippen molar-refractivity contribution >= 4 is 0 Å². The van der Waals surface area contributed by atoms with Crippen molar-refractivity contribution in [3.63, 3.8) is 0 Å². The minimum atomic E-state index is 0.252. The predicted octanol–water partition coefficient (Wildman–Crippen LogP) is 2.19. The van der Waals surface area contributed by atoms with Crippen LogP contribution in [0.4, 0.5) is 0 Å². The monoisotopic (exact) mass is 185 g/mol. The molecule has 78 valence electrons. The lowest BCUT2D eigenvalue weighted by Gasteiger charge is -2.30. The molecule has 2 unspecified atom stereocenters. The van der Waals surface area contributed by atoms with Crippen LogP contribution in [-0.4, -0.2) is 24.8 Å². The number of hydrogen-bond acceptors (Lipinski definition) is 2. The van der Waals surface area contributed by atoms with Gasteiger partial charge >= 0.3 is 0 Å². The van der Waals surface area contributed by atoms with Gasteiger partial charge in [0, 0.05) is 12.1 Å². The van der Waals surface area contributed by atoms with E-state index in [9.17, 15) is 0 Å². The van der Waals surface area contributed by atoms with Crippen LogP contribution >= 0.6 is 0 Å². The highest BCUT2D eigenvalue weighted by Crippen LogP contribution is 2.19. The molecule has 13 heavy (non-hydrogen) atoms. The Morgan fingerprint density at radius 3 is 2.62 bits per heavy atom. The van der Waals surface area contributed by atoms with Gasteiger partial charge in [0.1, 0.15) is 0 Å². The van der Waals surface area contributed by atoms with E-state index in [4.69, 9.17) is 4.74 Å². The van der Waals surface area contributed by atoms with Crippen LogP contribution in [0.25, 0.3) is 0 Å². The van der Waals surface area contributed by atoms with Gasteiger partial charge in [-0.25, -0.2) is 0 Å². The Hall–Kier alpha value is -0.0800. The van der Waals surface area contributed by atoms with E-state index in [1.54, 1.807) is 0 Å². The van der Waals surface area contributed by atoms with Gasteiger partial charge in [-0.1, -0.05) is 0 Å². The molecule has 1 aliphatic heterocycles. The van der Waals surface area contributed by atoms with Crippen LogP contribution in [-0.2, 0) is 4.74 Å². The molecule has 0 aromatic heterocycles. The van der Waals surface area contributed by atoms with E-state index >= 15 is 0 Å². The topological polar surface area (TPSA) is 21.3 Å². The summed E-state index contributed by atoms with van der Waals surface area (Å²) in [5, 5.41) is 3.56. The summed E-state index contributed by atoms with van der Waals surface area (Å²) in [7, 11) is 0. The first-order valence-electron chi connectivity index (χ1n) is 5.34. The van der Waals surface area contributed by atoms with Crippen molar-refractivity contribution in [2.45, 2.75) is 52.2 Å². The third-order valence-electron chi connectivity index (χ3n) is 2.51. The summed E-state index contributed by atoms with van der Waals surface area (Å²) in [6.07, 6.45) is 2.89. The van der Waals surface area contributed by atoms with Gasteiger partial charge in [-0.2, -0.15) is 0 Å². The maximum absolute atomic E-state index is 5.51. The van der Waals surface area contributed by atoms with Gasteiger partial charge < -0.3 is 10.1 Å². The van der Waals surface area contributed by atoms with Crippen LogP contribution < -0.4 is 5.32 Å². The number of rotatable bonds is 2. The molecule has 0 aliphatic carbocycles. The van der Waals surface area contributed by atoms with Crippen LogP contribution in [0.15, 0.2) is 0 Å². The van der Waals surface area contributed by atoms with Gasteiger partial charge in [-0.3, -0.25) is 0 Å². The minimum absolute atomic E-state index is 0.252. The van der Waals surface area contributed by atoms with E-state index in [-0.39, 0.29) is 5.54 Å². The number of nitrogens with one attached hydrogen (secondary N) is 1. The molecule has 0 aromatic carbocycles. The summed E-state index contributed by atoms with van der Waals surface area (Å²) >= 11 is 0. The van der Waals surface area contributed by atoms with Crippen molar-refractivity contribution in [3.05, 3.63) is 0 Å². The maximum atomic E-state index is 5.51. The maximum Gasteiger partial charge on any atom is 0.0550 e. The zero-order chi connectivity index (χ0) is 9.90. The molecule has 0 spiro atoms. The highest BCUT2D eigenvalue weighted by atomic mass is 16.5. The minimum Gasteiger partial charge on any atom is -0.378 e. The fourth-order valence-electron chi connectivity index (χ4n) is 1.73. The quantitative estimate of drug-likeness (QED) is 0.712. The summed E-state index contributed by atoms with van der Waals surface area (Å²) in [5.41, 5.74) is 0.252. The molecule has 2 heteroatoms. The zero-order valence-corrected chi connectivity index (χ0v) is 9.39. The van der Waals surface area contributed by atoms with E-state index in [2.05, 4.69) is 33.0 Å². The molecule has 0 radical (unpaired) electrons. The SMILES string of the molecule is CC1CC(CNC(C)(C)C)CCO1. The van der Waals surface area contributed by atoms with Gasteiger partial charge in [0.05, 0.1) is 6.10 Å². The normalized spacial score (nSPS) is 30.5. The molecule has 1 aliphatic rings. The third-order valence-corrected chi connectivity index (χ3v) is 2.51. The first-order chi connectivity index (χ1) is 5.97. The summed E-state index contributed by atoms with van der Waals surface area (Å²) in [6.45, 7) is 10.9. The average Bonchev–Trinajstić information content (AvgIpc) is 2.00. The van der Waals surface area contributed by atoms with Gasteiger partial charge in [-0.05, 0) is 53.0 Å². The fourth-order valence-corrected chi connectivity index (χ4v) is 1.73. The summed E-state index contributed by atoms with van der Waals surface area (Å²) in [6, 6.07) is 0. The Bertz CT molecular complexity index is 151. The second-order valence-electron chi connectivity index (χ2n) is 5.20. The van der Waals surface area contributed by atoms with Crippen LogP contribution in [0.2, 0.25) is 0 Å². The Labute approximate surface area is 82.0 Å². The molecule has 1 rings (SSSR count). The standard InChI is InChI=1S/C11H23NO/c1-9-7-10(5-6-13-9)8-12-11(2,3)4/h9-10,12H,5-8H2,1-4H3. The fraction of sp³-hybridized carbons (Fsp3) is 1.00. The molecule has 1 fully saturated rings. The van der Waals surface area contributed by atoms with Crippen LogP contribution in [0.3, 0.4) is 0 Å². The van der Waals surface area contributed by atoms with E-state index in [0.717, 1.165) is 19.1 Å². The summed E-state index contributed by atoms with van der Waals surface area (Å²) in [5.74, 6) is 0.808. The summed E-state index contributed by atoms with van der Waals surface area (Å²) < 4.78 is 5.51. The highest BCUT2D eigenvalue weighted by molar-refractivity contribution is 4.76. The van der Waals surface area contributed by atoms with E-state index < -0.39 is 0 Å². The van der Waals surface area contributed by atoms with Gasteiger partial charge in [0.15, 0.2) is 0 Å². The lowest BCUT2D eigenvalue weighted by atomic mass is 9.95. The number of hydrogen-bond donors (Lipinski definition) is 1. The van der Waals surface area contributed by atoms with Crippen molar-refractivity contribution in [1.82, 2.24) is 5.32 Å². The van der Waals surface area contributed by atoms with E-state index in [0.29, 0.717) is 6.10 Å². The Balaban J connectivity index is 2.21. The lowest BCUT2D eigenvalue weighted by molar-refractivity contribution is 0.00179. The molecule has 2 nitrogen and oxygen atoms in total. The number of ether oxygens (including phenoxy) is 1. The second-order valence-corrected chi connectivity index (χ2v) is 5.20. The smallest absolute Gasteiger partial charge is 0.0550 e.